The fourth-order valence-corrected chi connectivity index (χ4v) is 1.93. The van der Waals surface area contributed by atoms with Crippen molar-refractivity contribution in [3.8, 4) is 5.75 Å². The van der Waals surface area contributed by atoms with Gasteiger partial charge in [-0.1, -0.05) is 13.8 Å². The summed E-state index contributed by atoms with van der Waals surface area (Å²) in [5.74, 6) is -0.602. The van der Waals surface area contributed by atoms with Gasteiger partial charge in [0.05, 0.1) is 5.92 Å². The fourth-order valence-electron chi connectivity index (χ4n) is 1.93. The van der Waals surface area contributed by atoms with Crippen LogP contribution in [0.25, 0.3) is 11.0 Å². The molecule has 1 atom stereocenters. The summed E-state index contributed by atoms with van der Waals surface area (Å²) in [4.78, 5) is 34.2. The summed E-state index contributed by atoms with van der Waals surface area (Å²) in [6.45, 7) is 3.39. The Balaban J connectivity index is 1.74. The summed E-state index contributed by atoms with van der Waals surface area (Å²) < 4.78 is 20.2. The zero-order valence-corrected chi connectivity index (χ0v) is 14.2. The number of hydrogen-bond donors (Lipinski definition) is 0. The number of rotatable bonds is 8. The highest BCUT2D eigenvalue weighted by atomic mass is 16.6. The molecule has 2 rings (SSSR count). The van der Waals surface area contributed by atoms with Gasteiger partial charge in [0.2, 0.25) is 0 Å². The van der Waals surface area contributed by atoms with E-state index >= 15 is 0 Å². The number of carbonyl (C=O) groups is 2. The van der Waals surface area contributed by atoms with Crippen LogP contribution in [0.5, 0.6) is 5.75 Å². The molecule has 0 saturated heterocycles. The van der Waals surface area contributed by atoms with Gasteiger partial charge >= 0.3 is 17.6 Å². The number of hydrogen-bond acceptors (Lipinski definition) is 7. The second kappa shape index (κ2) is 8.86. The van der Waals surface area contributed by atoms with E-state index in [0.29, 0.717) is 23.1 Å². The van der Waals surface area contributed by atoms with Gasteiger partial charge in [0.15, 0.2) is 6.61 Å². The first-order valence-electron chi connectivity index (χ1n) is 7.98. The van der Waals surface area contributed by atoms with Crippen LogP contribution >= 0.6 is 0 Å². The maximum Gasteiger partial charge on any atom is 0.344 e. The first-order valence-corrected chi connectivity index (χ1v) is 7.98. The summed E-state index contributed by atoms with van der Waals surface area (Å²) in [6, 6.07) is 7.75. The molecule has 1 heterocycles. The minimum atomic E-state index is -0.570. The molecule has 0 bridgehead atoms. The van der Waals surface area contributed by atoms with Crippen molar-refractivity contribution < 1.29 is 28.2 Å². The van der Waals surface area contributed by atoms with Crippen molar-refractivity contribution in [1.82, 2.24) is 0 Å². The lowest BCUT2D eigenvalue weighted by Crippen LogP contribution is -2.20. The molecule has 0 aliphatic heterocycles. The molecule has 7 heteroatoms. The third kappa shape index (κ3) is 5.63. The molecule has 1 aromatic carbocycles. The summed E-state index contributed by atoms with van der Waals surface area (Å²) >= 11 is 0. The van der Waals surface area contributed by atoms with Gasteiger partial charge in [-0.2, -0.15) is 0 Å². The molecule has 0 amide bonds. The van der Waals surface area contributed by atoms with Crippen molar-refractivity contribution in [3.63, 3.8) is 0 Å². The van der Waals surface area contributed by atoms with E-state index in [9.17, 15) is 14.4 Å². The van der Waals surface area contributed by atoms with Crippen LogP contribution < -0.4 is 10.4 Å². The molecular weight excluding hydrogens is 328 g/mol. The first kappa shape index (κ1) is 18.5. The van der Waals surface area contributed by atoms with E-state index in [0.717, 1.165) is 0 Å². The molecule has 0 spiro atoms. The highest BCUT2D eigenvalue weighted by Crippen LogP contribution is 2.19. The molecule has 7 nitrogen and oxygen atoms in total. The van der Waals surface area contributed by atoms with E-state index < -0.39 is 11.6 Å². The average molecular weight is 348 g/mol. The molecule has 0 aliphatic rings. The van der Waals surface area contributed by atoms with E-state index in [-0.39, 0.29) is 31.7 Å². The summed E-state index contributed by atoms with van der Waals surface area (Å²) in [7, 11) is 0. The lowest BCUT2D eigenvalue weighted by Gasteiger charge is -2.10. The van der Waals surface area contributed by atoms with Crippen LogP contribution in [-0.2, 0) is 19.1 Å². The third-order valence-corrected chi connectivity index (χ3v) is 3.55. The second-order valence-electron chi connectivity index (χ2n) is 5.44. The zero-order valence-electron chi connectivity index (χ0n) is 14.2. The molecule has 1 aromatic heterocycles. The van der Waals surface area contributed by atoms with Gasteiger partial charge < -0.3 is 18.6 Å². The van der Waals surface area contributed by atoms with Crippen LogP contribution in [0.1, 0.15) is 20.3 Å². The Hall–Kier alpha value is -2.83. The highest BCUT2D eigenvalue weighted by molar-refractivity contribution is 5.78. The van der Waals surface area contributed by atoms with Crippen molar-refractivity contribution in [2.24, 2.45) is 5.92 Å². The van der Waals surface area contributed by atoms with Crippen LogP contribution in [0.3, 0.4) is 0 Å². The van der Waals surface area contributed by atoms with Gasteiger partial charge in [-0.25, -0.2) is 9.59 Å². The van der Waals surface area contributed by atoms with Crippen molar-refractivity contribution in [1.29, 1.82) is 0 Å². The Kier molecular flexibility index (Phi) is 6.56. The van der Waals surface area contributed by atoms with Gasteiger partial charge in [-0.3, -0.25) is 4.79 Å². The standard InChI is InChI=1S/C18H20O7/c1-3-12(2)18(21)23-9-8-22-17(20)11-24-14-5-6-15-13(10-14)4-7-16(19)25-15/h4-7,10,12H,3,8-9,11H2,1-2H3. The fraction of sp³-hybridized carbons (Fsp3) is 0.389. The molecule has 25 heavy (non-hydrogen) atoms. The van der Waals surface area contributed by atoms with E-state index in [1.165, 1.54) is 6.07 Å². The molecule has 0 saturated carbocycles. The highest BCUT2D eigenvalue weighted by Gasteiger charge is 2.12. The largest absolute Gasteiger partial charge is 0.482 e. The van der Waals surface area contributed by atoms with E-state index in [4.69, 9.17) is 18.6 Å². The number of esters is 2. The van der Waals surface area contributed by atoms with Crippen molar-refractivity contribution in [2.75, 3.05) is 19.8 Å². The molecule has 0 aliphatic carbocycles. The first-order chi connectivity index (χ1) is 12.0. The van der Waals surface area contributed by atoms with Crippen LogP contribution in [0.15, 0.2) is 39.5 Å². The maximum absolute atomic E-state index is 11.6. The smallest absolute Gasteiger partial charge is 0.344 e. The molecule has 0 N–H and O–H groups in total. The summed E-state index contributed by atoms with van der Waals surface area (Å²) in [5.41, 5.74) is 0.00401. The van der Waals surface area contributed by atoms with Gasteiger partial charge in [-0.05, 0) is 30.7 Å². The minimum Gasteiger partial charge on any atom is -0.482 e. The van der Waals surface area contributed by atoms with Gasteiger partial charge in [0, 0.05) is 11.5 Å². The Morgan fingerprint density at radius 3 is 2.64 bits per heavy atom. The van der Waals surface area contributed by atoms with Crippen LogP contribution in [-0.4, -0.2) is 31.8 Å². The van der Waals surface area contributed by atoms with E-state index in [1.54, 1.807) is 31.2 Å². The topological polar surface area (TPSA) is 92.0 Å². The normalized spacial score (nSPS) is 11.8. The molecule has 0 fully saturated rings. The van der Waals surface area contributed by atoms with Gasteiger partial charge in [0.1, 0.15) is 24.5 Å². The molecular formula is C18H20O7. The SMILES string of the molecule is CCC(C)C(=O)OCCOC(=O)COc1ccc2oc(=O)ccc2c1. The quantitative estimate of drug-likeness (QED) is 0.410. The van der Waals surface area contributed by atoms with Gasteiger partial charge in [0.25, 0.3) is 0 Å². The van der Waals surface area contributed by atoms with Crippen molar-refractivity contribution in [3.05, 3.63) is 40.8 Å². The van der Waals surface area contributed by atoms with E-state index in [2.05, 4.69) is 0 Å². The maximum atomic E-state index is 11.6. The Bertz CT molecular complexity index is 793. The Morgan fingerprint density at radius 1 is 1.12 bits per heavy atom. The predicted octanol–water partition coefficient (Wildman–Crippen LogP) is 2.30. The van der Waals surface area contributed by atoms with Crippen LogP contribution in [0.4, 0.5) is 0 Å². The summed E-state index contributed by atoms with van der Waals surface area (Å²) in [5, 5.41) is 0.683. The van der Waals surface area contributed by atoms with E-state index in [1.807, 2.05) is 6.92 Å². The number of ether oxygens (including phenoxy) is 3. The average Bonchev–Trinajstić information content (AvgIpc) is 2.62. The molecule has 2 aromatic rings. The lowest BCUT2D eigenvalue weighted by molar-refractivity contribution is -0.155. The summed E-state index contributed by atoms with van der Waals surface area (Å²) in [6.07, 6.45) is 0.696. The molecule has 134 valence electrons. The van der Waals surface area contributed by atoms with Crippen LogP contribution in [0.2, 0.25) is 0 Å². The predicted molar refractivity (Wildman–Crippen MR) is 89.4 cm³/mol. The number of carbonyl (C=O) groups excluding carboxylic acids is 2. The number of benzene rings is 1. The second-order valence-corrected chi connectivity index (χ2v) is 5.44. The third-order valence-electron chi connectivity index (χ3n) is 3.55. The zero-order chi connectivity index (χ0) is 18.2. The monoisotopic (exact) mass is 348 g/mol. The Labute approximate surface area is 144 Å². The minimum absolute atomic E-state index is 0.0178. The van der Waals surface area contributed by atoms with Crippen molar-refractivity contribution >= 4 is 22.9 Å². The molecule has 1 unspecified atom stereocenters. The number of fused-ring (bicyclic) bond motifs is 1. The lowest BCUT2D eigenvalue weighted by atomic mass is 10.1. The van der Waals surface area contributed by atoms with Gasteiger partial charge in [-0.15, -0.1) is 0 Å². The Morgan fingerprint density at radius 2 is 1.88 bits per heavy atom. The van der Waals surface area contributed by atoms with Crippen molar-refractivity contribution in [2.45, 2.75) is 20.3 Å². The van der Waals surface area contributed by atoms with Crippen LogP contribution in [0, 0.1) is 5.92 Å². The molecule has 0 radical (unpaired) electrons.